The highest BCUT2D eigenvalue weighted by Crippen LogP contribution is 2.43. The molecule has 0 radical (unpaired) electrons. The van der Waals surface area contributed by atoms with Crippen LogP contribution >= 0.6 is 38.5 Å². The third-order valence-electron chi connectivity index (χ3n) is 7.69. The zero-order valence-corrected chi connectivity index (χ0v) is 25.7. The van der Waals surface area contributed by atoms with Crippen LogP contribution in [0.1, 0.15) is 46.5 Å². The Morgan fingerprint density at radius 3 is 2.46 bits per heavy atom. The van der Waals surface area contributed by atoms with Crippen LogP contribution < -0.4 is 10.2 Å². The summed E-state index contributed by atoms with van der Waals surface area (Å²) < 4.78 is 22.2. The molecule has 1 N–H and O–H groups in total. The van der Waals surface area contributed by atoms with Crippen LogP contribution in [0.25, 0.3) is 10.9 Å². The van der Waals surface area contributed by atoms with Crippen LogP contribution in [0.2, 0.25) is 0 Å². The van der Waals surface area contributed by atoms with Gasteiger partial charge in [-0.3, -0.25) is 0 Å². The summed E-state index contributed by atoms with van der Waals surface area (Å²) in [6.45, 7) is 10.8. The number of carbonyl (C=O) groups excluding carboxylic acids is 1. The van der Waals surface area contributed by atoms with Crippen molar-refractivity contribution in [1.29, 1.82) is 0 Å². The largest absolute Gasteiger partial charge is 0.444 e. The Morgan fingerprint density at radius 1 is 1.19 bits per heavy atom. The second-order valence-electron chi connectivity index (χ2n) is 11.8. The molecule has 1 spiro atoms. The van der Waals surface area contributed by atoms with E-state index in [9.17, 15) is 4.79 Å². The number of aromatic nitrogens is 2. The van der Waals surface area contributed by atoms with Gasteiger partial charge in [0, 0.05) is 46.6 Å². The molecule has 202 valence electrons. The van der Waals surface area contributed by atoms with Gasteiger partial charge in [0.05, 0.1) is 4.47 Å². The number of carbonyl (C=O) groups is 1. The van der Waals surface area contributed by atoms with Gasteiger partial charge in [0.1, 0.15) is 16.9 Å². The smallest absolute Gasteiger partial charge is 0.410 e. The molecule has 0 atom stereocenters. The van der Waals surface area contributed by atoms with Gasteiger partial charge >= 0.3 is 6.09 Å². The highest BCUT2D eigenvalue weighted by molar-refractivity contribution is 14.1. The maximum absolute atomic E-state index is 15.4. The number of anilines is 2. The van der Waals surface area contributed by atoms with Gasteiger partial charge in [0.2, 0.25) is 5.95 Å². The number of hydrogen-bond acceptors (Lipinski definition) is 7. The molecule has 3 aliphatic rings. The number of fused-ring (bicyclic) bond motifs is 1. The number of amides is 1. The van der Waals surface area contributed by atoms with Crippen molar-refractivity contribution >= 4 is 67.3 Å². The highest BCUT2D eigenvalue weighted by Gasteiger charge is 2.48. The fourth-order valence-electron chi connectivity index (χ4n) is 5.53. The molecule has 8 nitrogen and oxygen atoms in total. The number of likely N-dealkylation sites (tertiary alicyclic amines) is 2. The summed E-state index contributed by atoms with van der Waals surface area (Å²) in [6.07, 6.45) is 3.68. The number of halogens is 3. The first-order valence-corrected chi connectivity index (χ1v) is 14.8. The molecule has 37 heavy (non-hydrogen) atoms. The van der Waals surface area contributed by atoms with Crippen molar-refractivity contribution in [3.63, 3.8) is 0 Å². The van der Waals surface area contributed by atoms with Gasteiger partial charge in [0.25, 0.3) is 0 Å². The van der Waals surface area contributed by atoms with Gasteiger partial charge < -0.3 is 24.8 Å². The third kappa shape index (κ3) is 5.78. The molecule has 0 bridgehead atoms. The van der Waals surface area contributed by atoms with Crippen LogP contribution in [0.3, 0.4) is 0 Å². The van der Waals surface area contributed by atoms with Crippen LogP contribution in [-0.4, -0.2) is 83.8 Å². The lowest BCUT2D eigenvalue weighted by molar-refractivity contribution is -0.0434. The Labute approximate surface area is 240 Å². The van der Waals surface area contributed by atoms with E-state index in [4.69, 9.17) is 9.72 Å². The first-order valence-electron chi connectivity index (χ1n) is 13.0. The lowest BCUT2D eigenvalue weighted by Gasteiger charge is -2.53. The Morgan fingerprint density at radius 2 is 1.84 bits per heavy atom. The molecule has 1 aromatic carbocycles. The lowest BCUT2D eigenvalue weighted by atomic mass is 9.72. The fourth-order valence-corrected chi connectivity index (χ4v) is 6.38. The SMILES string of the molecule is CN1CCC(Nc2nc(N3CCC4(CC3)CN(C(=O)OC(C)(C)C)C4)c3cc(I)c(Br)c(F)c3n2)CC1. The molecule has 3 fully saturated rings. The van der Waals surface area contributed by atoms with E-state index in [1.54, 1.807) is 4.90 Å². The quantitative estimate of drug-likeness (QED) is 0.338. The third-order valence-corrected chi connectivity index (χ3v) is 10.1. The summed E-state index contributed by atoms with van der Waals surface area (Å²) >= 11 is 5.54. The predicted molar refractivity (Wildman–Crippen MR) is 156 cm³/mol. The van der Waals surface area contributed by atoms with Gasteiger partial charge in [-0.25, -0.2) is 14.2 Å². The minimum absolute atomic E-state index is 0.119. The van der Waals surface area contributed by atoms with E-state index < -0.39 is 5.60 Å². The van der Waals surface area contributed by atoms with Gasteiger partial charge in [-0.15, -0.1) is 0 Å². The van der Waals surface area contributed by atoms with E-state index in [0.29, 0.717) is 15.9 Å². The standard InChI is InChI=1S/C26H35BrFIN6O2/c1-25(2,3)37-24(36)35-14-26(15-35)7-11-34(12-8-26)22-17-13-18(29)19(27)20(28)21(17)31-23(32-22)30-16-5-9-33(4)10-6-16/h13,16H,5-12,14-15H2,1-4H3,(H,30,31,32). The normalized spacial score (nSPS) is 20.8. The second kappa shape index (κ2) is 10.3. The summed E-state index contributed by atoms with van der Waals surface area (Å²) in [4.78, 5) is 28.4. The Kier molecular flexibility index (Phi) is 7.51. The number of nitrogens with one attached hydrogen (secondary N) is 1. The Bertz CT molecular complexity index is 1180. The van der Waals surface area contributed by atoms with E-state index in [0.717, 1.165) is 79.7 Å². The van der Waals surface area contributed by atoms with Crippen molar-refractivity contribution in [3.05, 3.63) is 19.9 Å². The molecule has 4 heterocycles. The van der Waals surface area contributed by atoms with Gasteiger partial charge in [-0.05, 0) is 111 Å². The molecular weight excluding hydrogens is 654 g/mol. The molecule has 0 unspecified atom stereocenters. The molecule has 3 aliphatic heterocycles. The Balaban J connectivity index is 1.35. The summed E-state index contributed by atoms with van der Waals surface area (Å²) in [6, 6.07) is 2.24. The molecule has 11 heteroatoms. The van der Waals surface area contributed by atoms with E-state index in [1.165, 1.54) is 0 Å². The van der Waals surface area contributed by atoms with Crippen molar-refractivity contribution < 1.29 is 13.9 Å². The minimum Gasteiger partial charge on any atom is -0.444 e. The van der Waals surface area contributed by atoms with Crippen LogP contribution in [-0.2, 0) is 4.74 Å². The minimum atomic E-state index is -0.488. The van der Waals surface area contributed by atoms with Crippen LogP contribution in [0.15, 0.2) is 10.5 Å². The predicted octanol–water partition coefficient (Wildman–Crippen LogP) is 5.48. The first kappa shape index (κ1) is 27.1. The zero-order valence-electron chi connectivity index (χ0n) is 21.9. The van der Waals surface area contributed by atoms with Crippen molar-refractivity contribution in [1.82, 2.24) is 19.8 Å². The highest BCUT2D eigenvalue weighted by atomic mass is 127. The number of hydrogen-bond donors (Lipinski definition) is 1. The Hall–Kier alpha value is -1.47. The van der Waals surface area contributed by atoms with Crippen molar-refractivity contribution in [3.8, 4) is 0 Å². The fraction of sp³-hybridized carbons (Fsp3) is 0.654. The molecule has 5 rings (SSSR count). The van der Waals surface area contributed by atoms with E-state index >= 15 is 4.39 Å². The second-order valence-corrected chi connectivity index (χ2v) is 13.8. The molecule has 1 amide bonds. The van der Waals surface area contributed by atoms with E-state index in [1.807, 2.05) is 26.8 Å². The monoisotopic (exact) mass is 688 g/mol. The lowest BCUT2D eigenvalue weighted by Crippen LogP contribution is -2.62. The number of ether oxygens (including phenoxy) is 1. The maximum Gasteiger partial charge on any atom is 0.410 e. The molecule has 0 aliphatic carbocycles. The van der Waals surface area contributed by atoms with Crippen LogP contribution in [0, 0.1) is 14.8 Å². The zero-order chi connectivity index (χ0) is 26.5. The summed E-state index contributed by atoms with van der Waals surface area (Å²) in [5.41, 5.74) is -0.0281. The van der Waals surface area contributed by atoms with Crippen LogP contribution in [0.4, 0.5) is 21.0 Å². The first-order chi connectivity index (χ1) is 17.4. The molecule has 2 aromatic rings. The topological polar surface area (TPSA) is 73.8 Å². The molecule has 1 aromatic heterocycles. The van der Waals surface area contributed by atoms with E-state index in [2.05, 4.69) is 65.7 Å². The van der Waals surface area contributed by atoms with Crippen molar-refractivity contribution in [2.45, 2.75) is 58.1 Å². The van der Waals surface area contributed by atoms with Gasteiger partial charge in [-0.1, -0.05) is 0 Å². The van der Waals surface area contributed by atoms with Crippen molar-refractivity contribution in [2.75, 3.05) is 56.5 Å². The average Bonchev–Trinajstić information content (AvgIpc) is 2.82. The summed E-state index contributed by atoms with van der Waals surface area (Å²) in [5, 5.41) is 4.23. The molecule has 3 saturated heterocycles. The maximum atomic E-state index is 15.4. The van der Waals surface area contributed by atoms with Crippen LogP contribution in [0.5, 0.6) is 0 Å². The average molecular weight is 689 g/mol. The summed E-state index contributed by atoms with van der Waals surface area (Å²) in [5.74, 6) is 0.921. The van der Waals surface area contributed by atoms with Crippen molar-refractivity contribution in [2.24, 2.45) is 5.41 Å². The molecular formula is C26H35BrFIN6O2. The van der Waals surface area contributed by atoms with E-state index in [-0.39, 0.29) is 23.4 Å². The number of rotatable bonds is 3. The number of nitrogens with zero attached hydrogens (tertiary/aromatic N) is 5. The summed E-state index contributed by atoms with van der Waals surface area (Å²) in [7, 11) is 2.13. The van der Waals surface area contributed by atoms with Gasteiger partial charge in [-0.2, -0.15) is 4.98 Å². The number of benzene rings is 1. The molecule has 0 saturated carbocycles. The van der Waals surface area contributed by atoms with Gasteiger partial charge in [0.15, 0.2) is 5.82 Å². The number of piperidine rings is 2.